The Kier molecular flexibility index (Phi) is 10.0. The zero-order chi connectivity index (χ0) is 27.0. The van der Waals surface area contributed by atoms with Crippen molar-refractivity contribution in [3.8, 4) is 0 Å². The van der Waals surface area contributed by atoms with Gasteiger partial charge in [-0.3, -0.25) is 4.98 Å². The second kappa shape index (κ2) is 13.0. The molecule has 0 spiro atoms. The SMILES string of the molecule is CCCCCNC(=O)OC[C@H](CC(C)C)NS(=O)(=O)c1ccc(Cc2nccc3c2nc(C)n3C)cc1. The van der Waals surface area contributed by atoms with Crippen LogP contribution in [0.5, 0.6) is 0 Å². The number of carbonyl (C=O) groups is 1. The molecule has 0 fully saturated rings. The number of rotatable bonds is 13. The van der Waals surface area contributed by atoms with E-state index in [1.807, 2.05) is 38.5 Å². The van der Waals surface area contributed by atoms with Crippen LogP contribution in [0.15, 0.2) is 41.4 Å². The van der Waals surface area contributed by atoms with Gasteiger partial charge in [-0.15, -0.1) is 0 Å². The van der Waals surface area contributed by atoms with Gasteiger partial charge >= 0.3 is 6.09 Å². The average molecular weight is 530 g/mol. The summed E-state index contributed by atoms with van der Waals surface area (Å²) in [4.78, 5) is 21.3. The molecule has 1 aromatic carbocycles. The molecule has 2 N–H and O–H groups in total. The molecule has 3 rings (SSSR count). The van der Waals surface area contributed by atoms with Crippen molar-refractivity contribution < 1.29 is 17.9 Å². The molecule has 37 heavy (non-hydrogen) atoms. The molecule has 2 aromatic heterocycles. The van der Waals surface area contributed by atoms with E-state index in [4.69, 9.17) is 4.74 Å². The van der Waals surface area contributed by atoms with Gasteiger partial charge in [0.05, 0.1) is 22.1 Å². The standard InChI is InChI=1S/C27H39N5O4S/c1-6-7-8-14-29-27(33)36-18-22(16-19(2)3)31-37(34,35)23-11-9-21(10-12-23)17-24-26-25(13-15-28-24)32(5)20(4)30-26/h9-13,15,19,22,31H,6-8,14,16-18H2,1-5H3,(H,29,33)/t22-/m0/s1. The summed E-state index contributed by atoms with van der Waals surface area (Å²) in [5, 5.41) is 2.71. The minimum absolute atomic E-state index is 0.0335. The first-order chi connectivity index (χ1) is 17.6. The number of imidazole rings is 1. The van der Waals surface area contributed by atoms with Crippen molar-refractivity contribution in [2.24, 2.45) is 13.0 Å². The molecular weight excluding hydrogens is 490 g/mol. The van der Waals surface area contributed by atoms with Crippen molar-refractivity contribution in [3.63, 3.8) is 0 Å². The van der Waals surface area contributed by atoms with Crippen LogP contribution in [0, 0.1) is 12.8 Å². The number of aryl methyl sites for hydroxylation is 2. The Balaban J connectivity index is 1.65. The number of nitrogens with zero attached hydrogens (tertiary/aromatic N) is 3. The molecule has 0 unspecified atom stereocenters. The van der Waals surface area contributed by atoms with Crippen molar-refractivity contribution in [1.29, 1.82) is 0 Å². The molecule has 0 saturated carbocycles. The van der Waals surface area contributed by atoms with Crippen molar-refractivity contribution in [2.45, 2.75) is 70.7 Å². The van der Waals surface area contributed by atoms with E-state index in [9.17, 15) is 13.2 Å². The van der Waals surface area contributed by atoms with Gasteiger partial charge in [0.1, 0.15) is 17.9 Å². The van der Waals surface area contributed by atoms with Crippen LogP contribution in [-0.2, 0) is 28.2 Å². The van der Waals surface area contributed by atoms with Crippen LogP contribution in [0.1, 0.15) is 63.5 Å². The summed E-state index contributed by atoms with van der Waals surface area (Å²) in [6.45, 7) is 8.55. The number of hydrogen-bond donors (Lipinski definition) is 2. The quantitative estimate of drug-likeness (QED) is 0.316. The van der Waals surface area contributed by atoms with Crippen molar-refractivity contribution in [1.82, 2.24) is 24.6 Å². The molecular formula is C27H39N5O4S. The molecule has 2 heterocycles. The van der Waals surface area contributed by atoms with E-state index in [0.29, 0.717) is 19.4 Å². The van der Waals surface area contributed by atoms with Gasteiger partial charge in [0.15, 0.2) is 0 Å². The van der Waals surface area contributed by atoms with E-state index in [2.05, 4.69) is 26.9 Å². The summed E-state index contributed by atoms with van der Waals surface area (Å²) in [7, 11) is -1.83. The van der Waals surface area contributed by atoms with Crippen LogP contribution < -0.4 is 10.0 Å². The van der Waals surface area contributed by atoms with E-state index >= 15 is 0 Å². The molecule has 0 aliphatic heterocycles. The molecule has 0 radical (unpaired) electrons. The van der Waals surface area contributed by atoms with Crippen LogP contribution in [0.3, 0.4) is 0 Å². The fourth-order valence-electron chi connectivity index (χ4n) is 4.20. The monoisotopic (exact) mass is 529 g/mol. The summed E-state index contributed by atoms with van der Waals surface area (Å²) in [6.07, 6.45) is 5.30. The fourth-order valence-corrected chi connectivity index (χ4v) is 5.43. The van der Waals surface area contributed by atoms with E-state index < -0.39 is 22.2 Å². The van der Waals surface area contributed by atoms with Crippen LogP contribution in [-0.4, -0.2) is 48.2 Å². The number of unbranched alkanes of at least 4 members (excludes halogenated alkanes) is 2. The number of pyridine rings is 1. The van der Waals surface area contributed by atoms with Crippen molar-refractivity contribution >= 4 is 27.1 Å². The van der Waals surface area contributed by atoms with Gasteiger partial charge < -0.3 is 14.6 Å². The van der Waals surface area contributed by atoms with Crippen molar-refractivity contribution in [3.05, 3.63) is 53.6 Å². The first kappa shape index (κ1) is 28.6. The average Bonchev–Trinajstić information content (AvgIpc) is 3.14. The Labute approximate surface area is 220 Å². The molecule has 0 saturated heterocycles. The van der Waals surface area contributed by atoms with Crippen LogP contribution >= 0.6 is 0 Å². The van der Waals surface area contributed by atoms with E-state index in [-0.39, 0.29) is 17.4 Å². The maximum atomic E-state index is 13.1. The number of nitrogens with one attached hydrogen (secondary N) is 2. The number of fused-ring (bicyclic) bond motifs is 1. The largest absolute Gasteiger partial charge is 0.448 e. The van der Waals surface area contributed by atoms with Gasteiger partial charge in [-0.2, -0.15) is 0 Å². The van der Waals surface area contributed by atoms with Gasteiger partial charge in [-0.1, -0.05) is 45.7 Å². The Hall–Kier alpha value is -2.98. The summed E-state index contributed by atoms with van der Waals surface area (Å²) >= 11 is 0. The van der Waals surface area contributed by atoms with E-state index in [0.717, 1.165) is 47.4 Å². The zero-order valence-electron chi connectivity index (χ0n) is 22.5. The lowest BCUT2D eigenvalue weighted by atomic mass is 10.1. The second-order valence-electron chi connectivity index (χ2n) is 9.84. The summed E-state index contributed by atoms with van der Waals surface area (Å²) in [6, 6.07) is 8.18. The van der Waals surface area contributed by atoms with Gasteiger partial charge in [-0.25, -0.2) is 22.9 Å². The van der Waals surface area contributed by atoms with Gasteiger partial charge in [0, 0.05) is 26.2 Å². The smallest absolute Gasteiger partial charge is 0.407 e. The minimum Gasteiger partial charge on any atom is -0.448 e. The van der Waals surface area contributed by atoms with E-state index in [1.165, 1.54) is 0 Å². The number of sulfonamides is 1. The summed E-state index contributed by atoms with van der Waals surface area (Å²) in [5.41, 5.74) is 3.65. The Bertz CT molecular complexity index is 1290. The minimum atomic E-state index is -3.80. The maximum Gasteiger partial charge on any atom is 0.407 e. The molecule has 1 atom stereocenters. The third-order valence-electron chi connectivity index (χ3n) is 6.25. The number of benzene rings is 1. The topological polar surface area (TPSA) is 115 Å². The molecule has 9 nitrogen and oxygen atoms in total. The van der Waals surface area contributed by atoms with Crippen LogP contribution in [0.25, 0.3) is 11.0 Å². The first-order valence-corrected chi connectivity index (χ1v) is 14.4. The number of carbonyl (C=O) groups excluding carboxylic acids is 1. The zero-order valence-corrected chi connectivity index (χ0v) is 23.3. The number of ether oxygens (including phenoxy) is 1. The number of aromatic nitrogens is 3. The highest BCUT2D eigenvalue weighted by Gasteiger charge is 2.22. The number of alkyl carbamates (subject to hydrolysis) is 1. The fraction of sp³-hybridized carbons (Fsp3) is 0.519. The molecule has 202 valence electrons. The molecule has 1 amide bonds. The Morgan fingerprint density at radius 1 is 1.14 bits per heavy atom. The highest BCUT2D eigenvalue weighted by Crippen LogP contribution is 2.21. The summed E-state index contributed by atoms with van der Waals surface area (Å²) in [5.74, 6) is 1.13. The lowest BCUT2D eigenvalue weighted by Crippen LogP contribution is -2.40. The van der Waals surface area contributed by atoms with Crippen molar-refractivity contribution in [2.75, 3.05) is 13.2 Å². The van der Waals surface area contributed by atoms with Gasteiger partial charge in [0.2, 0.25) is 10.0 Å². The van der Waals surface area contributed by atoms with E-state index in [1.54, 1.807) is 30.5 Å². The van der Waals surface area contributed by atoms with Gasteiger partial charge in [-0.05, 0) is 49.4 Å². The highest BCUT2D eigenvalue weighted by atomic mass is 32.2. The lowest BCUT2D eigenvalue weighted by Gasteiger charge is -2.21. The number of hydrogen-bond acceptors (Lipinski definition) is 6. The Morgan fingerprint density at radius 3 is 2.54 bits per heavy atom. The third-order valence-corrected chi connectivity index (χ3v) is 7.78. The predicted molar refractivity (Wildman–Crippen MR) is 145 cm³/mol. The molecule has 0 bridgehead atoms. The van der Waals surface area contributed by atoms with Crippen LogP contribution in [0.4, 0.5) is 4.79 Å². The highest BCUT2D eigenvalue weighted by molar-refractivity contribution is 7.89. The normalized spacial score (nSPS) is 12.7. The molecule has 0 aliphatic rings. The molecule has 3 aromatic rings. The Morgan fingerprint density at radius 2 is 1.86 bits per heavy atom. The number of amides is 1. The van der Waals surface area contributed by atoms with Crippen LogP contribution in [0.2, 0.25) is 0 Å². The third kappa shape index (κ3) is 8.00. The maximum absolute atomic E-state index is 13.1. The van der Waals surface area contributed by atoms with Gasteiger partial charge in [0.25, 0.3) is 0 Å². The predicted octanol–water partition coefficient (Wildman–Crippen LogP) is 4.48. The molecule has 10 heteroatoms. The lowest BCUT2D eigenvalue weighted by molar-refractivity contribution is 0.133. The summed E-state index contributed by atoms with van der Waals surface area (Å²) < 4.78 is 36.3. The second-order valence-corrected chi connectivity index (χ2v) is 11.6. The molecule has 0 aliphatic carbocycles. The first-order valence-electron chi connectivity index (χ1n) is 12.9.